The molecule has 1 aromatic rings. The first-order valence-corrected chi connectivity index (χ1v) is 7.69. The molecule has 2 atom stereocenters. The summed E-state index contributed by atoms with van der Waals surface area (Å²) in [6.07, 6.45) is 2.24. The molecule has 2 unspecified atom stereocenters. The molecule has 0 aliphatic heterocycles. The molecule has 1 rings (SSSR count). The third-order valence-corrected chi connectivity index (χ3v) is 3.70. The van der Waals surface area contributed by atoms with Gasteiger partial charge in [0.15, 0.2) is 5.82 Å². The number of likely N-dealkylation sites (N-methyl/N-ethyl adjacent to an activating group) is 1. The lowest BCUT2D eigenvalue weighted by Gasteiger charge is -2.30. The van der Waals surface area contributed by atoms with E-state index in [1.54, 1.807) is 0 Å². The lowest BCUT2D eigenvalue weighted by molar-refractivity contribution is -0.148. The average Bonchev–Trinajstić information content (AvgIpc) is 2.90. The molecule has 1 aromatic heterocycles. The third kappa shape index (κ3) is 4.03. The number of rotatable bonds is 8. The van der Waals surface area contributed by atoms with E-state index in [4.69, 9.17) is 4.74 Å². The van der Waals surface area contributed by atoms with E-state index in [0.717, 1.165) is 24.5 Å². The van der Waals surface area contributed by atoms with E-state index in [-0.39, 0.29) is 12.0 Å². The Morgan fingerprint density at radius 3 is 2.52 bits per heavy atom. The molecule has 0 radical (unpaired) electrons. The fraction of sp³-hybridized carbons (Fsp3) is 0.800. The van der Waals surface area contributed by atoms with Crippen molar-refractivity contribution in [1.82, 2.24) is 20.1 Å². The van der Waals surface area contributed by atoms with Crippen molar-refractivity contribution in [2.75, 3.05) is 13.7 Å². The van der Waals surface area contributed by atoms with E-state index in [2.05, 4.69) is 29.2 Å². The Bertz CT molecular complexity index is 472. The van der Waals surface area contributed by atoms with Crippen LogP contribution in [-0.2, 0) is 22.4 Å². The van der Waals surface area contributed by atoms with Gasteiger partial charge >= 0.3 is 5.97 Å². The van der Waals surface area contributed by atoms with Crippen molar-refractivity contribution in [3.63, 3.8) is 0 Å². The maximum Gasteiger partial charge on any atom is 0.325 e. The van der Waals surface area contributed by atoms with Gasteiger partial charge in [-0.15, -0.1) is 0 Å². The zero-order valence-corrected chi connectivity index (χ0v) is 14.1. The second-order valence-corrected chi connectivity index (χ2v) is 5.50. The normalized spacial score (nSPS) is 15.5. The standard InChI is InChI=1S/C15H28N4O2/c1-7-12-17-13(8-2)19(18-12)11(4)10-15(5,16-9-3)14(20)21-6/h11,16H,7-10H2,1-6H3. The first kappa shape index (κ1) is 17.6. The summed E-state index contributed by atoms with van der Waals surface area (Å²) < 4.78 is 6.88. The van der Waals surface area contributed by atoms with Crippen LogP contribution in [0.3, 0.4) is 0 Å². The molecule has 0 aromatic carbocycles. The van der Waals surface area contributed by atoms with E-state index in [9.17, 15) is 4.79 Å². The SMILES string of the molecule is CCNC(C)(CC(C)n1nc(CC)nc1CC)C(=O)OC. The molecule has 0 spiro atoms. The molecule has 21 heavy (non-hydrogen) atoms. The second kappa shape index (κ2) is 7.54. The van der Waals surface area contributed by atoms with Crippen molar-refractivity contribution in [2.45, 2.75) is 65.5 Å². The Hall–Kier alpha value is -1.43. The predicted molar refractivity (Wildman–Crippen MR) is 82.2 cm³/mol. The van der Waals surface area contributed by atoms with Crippen LogP contribution in [-0.4, -0.2) is 39.9 Å². The van der Waals surface area contributed by atoms with Crippen LogP contribution in [0.2, 0.25) is 0 Å². The van der Waals surface area contributed by atoms with Crippen LogP contribution in [0, 0.1) is 0 Å². The van der Waals surface area contributed by atoms with Crippen LogP contribution in [0.1, 0.15) is 58.7 Å². The second-order valence-electron chi connectivity index (χ2n) is 5.50. The molecule has 0 bridgehead atoms. The number of hydrogen-bond donors (Lipinski definition) is 1. The van der Waals surface area contributed by atoms with E-state index < -0.39 is 5.54 Å². The van der Waals surface area contributed by atoms with Crippen molar-refractivity contribution in [3.8, 4) is 0 Å². The Labute approximate surface area is 127 Å². The largest absolute Gasteiger partial charge is 0.468 e. The number of carbonyl (C=O) groups is 1. The van der Waals surface area contributed by atoms with Gasteiger partial charge in [0, 0.05) is 12.8 Å². The molecule has 1 N–H and O–H groups in total. The monoisotopic (exact) mass is 296 g/mol. The molecule has 120 valence electrons. The van der Waals surface area contributed by atoms with Crippen LogP contribution in [0.4, 0.5) is 0 Å². The Kier molecular flexibility index (Phi) is 6.33. The molecule has 0 fully saturated rings. The van der Waals surface area contributed by atoms with Crippen LogP contribution >= 0.6 is 0 Å². The highest BCUT2D eigenvalue weighted by Crippen LogP contribution is 2.23. The quantitative estimate of drug-likeness (QED) is 0.742. The van der Waals surface area contributed by atoms with E-state index >= 15 is 0 Å². The van der Waals surface area contributed by atoms with Crippen molar-refractivity contribution in [2.24, 2.45) is 0 Å². The maximum atomic E-state index is 12.1. The molecule has 0 saturated carbocycles. The Balaban J connectivity index is 2.98. The van der Waals surface area contributed by atoms with Gasteiger partial charge in [0.1, 0.15) is 11.4 Å². The van der Waals surface area contributed by atoms with Crippen molar-refractivity contribution < 1.29 is 9.53 Å². The zero-order valence-electron chi connectivity index (χ0n) is 14.1. The number of esters is 1. The highest BCUT2D eigenvalue weighted by Gasteiger charge is 2.36. The van der Waals surface area contributed by atoms with Crippen LogP contribution in [0.15, 0.2) is 0 Å². The minimum Gasteiger partial charge on any atom is -0.468 e. The Morgan fingerprint density at radius 2 is 2.05 bits per heavy atom. The van der Waals surface area contributed by atoms with Crippen molar-refractivity contribution >= 4 is 5.97 Å². The molecular weight excluding hydrogens is 268 g/mol. The Morgan fingerprint density at radius 1 is 1.38 bits per heavy atom. The number of nitrogens with zero attached hydrogens (tertiary/aromatic N) is 3. The zero-order chi connectivity index (χ0) is 16.0. The summed E-state index contributed by atoms with van der Waals surface area (Å²) in [6.45, 7) is 10.7. The van der Waals surface area contributed by atoms with Crippen molar-refractivity contribution in [3.05, 3.63) is 11.6 Å². The number of ether oxygens (including phenoxy) is 1. The molecule has 0 aliphatic rings. The van der Waals surface area contributed by atoms with Gasteiger partial charge in [-0.05, 0) is 26.8 Å². The van der Waals surface area contributed by atoms with Crippen LogP contribution in [0.5, 0.6) is 0 Å². The van der Waals surface area contributed by atoms with Crippen LogP contribution < -0.4 is 5.32 Å². The number of nitrogens with one attached hydrogen (secondary N) is 1. The summed E-state index contributed by atoms with van der Waals surface area (Å²) in [5, 5.41) is 7.79. The third-order valence-electron chi connectivity index (χ3n) is 3.70. The molecule has 6 nitrogen and oxygen atoms in total. The van der Waals surface area contributed by atoms with Gasteiger partial charge in [0.05, 0.1) is 13.2 Å². The van der Waals surface area contributed by atoms with Gasteiger partial charge in [0.25, 0.3) is 0 Å². The van der Waals surface area contributed by atoms with Crippen LogP contribution in [0.25, 0.3) is 0 Å². The summed E-state index contributed by atoms with van der Waals surface area (Å²) in [4.78, 5) is 16.6. The highest BCUT2D eigenvalue weighted by molar-refractivity contribution is 5.80. The highest BCUT2D eigenvalue weighted by atomic mass is 16.5. The minimum absolute atomic E-state index is 0.0656. The molecule has 0 amide bonds. The topological polar surface area (TPSA) is 69.0 Å². The van der Waals surface area contributed by atoms with E-state index in [1.165, 1.54) is 7.11 Å². The summed E-state index contributed by atoms with van der Waals surface area (Å²) in [7, 11) is 1.42. The summed E-state index contributed by atoms with van der Waals surface area (Å²) in [6, 6.07) is 0.0656. The summed E-state index contributed by atoms with van der Waals surface area (Å²) in [5.74, 6) is 1.56. The molecular formula is C15H28N4O2. The number of aryl methyl sites for hydroxylation is 2. The van der Waals surface area contributed by atoms with Gasteiger partial charge in [-0.1, -0.05) is 20.8 Å². The minimum atomic E-state index is -0.716. The molecule has 6 heteroatoms. The van der Waals surface area contributed by atoms with Gasteiger partial charge in [-0.25, -0.2) is 9.67 Å². The maximum absolute atomic E-state index is 12.1. The molecule has 0 saturated heterocycles. The van der Waals surface area contributed by atoms with Gasteiger partial charge in [-0.2, -0.15) is 5.10 Å². The fourth-order valence-electron chi connectivity index (χ4n) is 2.67. The first-order chi connectivity index (χ1) is 9.91. The average molecular weight is 296 g/mol. The van der Waals surface area contributed by atoms with Gasteiger partial charge in [-0.3, -0.25) is 4.79 Å². The van der Waals surface area contributed by atoms with Gasteiger partial charge in [0.2, 0.25) is 0 Å². The van der Waals surface area contributed by atoms with Crippen molar-refractivity contribution in [1.29, 1.82) is 0 Å². The van der Waals surface area contributed by atoms with E-state index in [1.807, 2.05) is 25.5 Å². The number of carbonyl (C=O) groups excluding carboxylic acids is 1. The molecule has 0 aliphatic carbocycles. The smallest absolute Gasteiger partial charge is 0.325 e. The van der Waals surface area contributed by atoms with E-state index in [0.29, 0.717) is 13.0 Å². The summed E-state index contributed by atoms with van der Waals surface area (Å²) in [5.41, 5.74) is -0.716. The molecule has 1 heterocycles. The fourth-order valence-corrected chi connectivity index (χ4v) is 2.67. The summed E-state index contributed by atoms with van der Waals surface area (Å²) >= 11 is 0. The van der Waals surface area contributed by atoms with Gasteiger partial charge < -0.3 is 10.1 Å². The lowest BCUT2D eigenvalue weighted by Crippen LogP contribution is -2.51. The number of aromatic nitrogens is 3. The predicted octanol–water partition coefficient (Wildman–Crippen LogP) is 1.90. The first-order valence-electron chi connectivity index (χ1n) is 7.69. The number of hydrogen-bond acceptors (Lipinski definition) is 5. The number of methoxy groups -OCH3 is 1. The lowest BCUT2D eigenvalue weighted by atomic mass is 9.93.